The summed E-state index contributed by atoms with van der Waals surface area (Å²) in [7, 11) is 1.82. The van der Waals surface area contributed by atoms with E-state index in [2.05, 4.69) is 10.1 Å². The van der Waals surface area contributed by atoms with Crippen LogP contribution in [0.1, 0.15) is 55.3 Å². The van der Waals surface area contributed by atoms with Crippen molar-refractivity contribution in [2.75, 3.05) is 13.6 Å². The average Bonchev–Trinajstić information content (AvgIpc) is 3.36. The molecule has 0 radical (unpaired) electrons. The highest BCUT2D eigenvalue weighted by molar-refractivity contribution is 5.99. The third-order valence-electron chi connectivity index (χ3n) is 7.73. The zero-order chi connectivity index (χ0) is 25.7. The molecule has 4 aromatic rings. The first kappa shape index (κ1) is 23.0. The van der Waals surface area contributed by atoms with Crippen molar-refractivity contribution in [3.05, 3.63) is 88.9 Å². The quantitative estimate of drug-likeness (QED) is 0.423. The van der Waals surface area contributed by atoms with Gasteiger partial charge >= 0.3 is 5.97 Å². The number of aromatic amines is 1. The number of fused-ring (bicyclic) bond motifs is 2. The Hall–Kier alpha value is -4.40. The van der Waals surface area contributed by atoms with Gasteiger partial charge in [0.05, 0.1) is 36.1 Å². The molecule has 1 aliphatic carbocycles. The van der Waals surface area contributed by atoms with Gasteiger partial charge < -0.3 is 19.9 Å². The van der Waals surface area contributed by atoms with Crippen molar-refractivity contribution in [1.29, 1.82) is 0 Å². The predicted octanol–water partition coefficient (Wildman–Crippen LogP) is 3.57. The van der Waals surface area contributed by atoms with Gasteiger partial charge in [-0.2, -0.15) is 5.10 Å². The number of nitrogens with one attached hydrogen (secondary N) is 1. The summed E-state index contributed by atoms with van der Waals surface area (Å²) in [6.45, 7) is 1.36. The fourth-order valence-corrected chi connectivity index (χ4v) is 5.27. The molecule has 1 aliphatic heterocycles. The van der Waals surface area contributed by atoms with Gasteiger partial charge in [0.2, 0.25) is 0 Å². The van der Waals surface area contributed by atoms with Gasteiger partial charge in [0.1, 0.15) is 5.69 Å². The number of carbonyl (C=O) groups excluding carboxylic acids is 2. The third-order valence-corrected chi connectivity index (χ3v) is 7.73. The lowest BCUT2D eigenvalue weighted by Crippen LogP contribution is -2.42. The van der Waals surface area contributed by atoms with E-state index >= 15 is 0 Å². The van der Waals surface area contributed by atoms with E-state index in [1.54, 1.807) is 28.1 Å². The smallest absolute Gasteiger partial charge is 0.335 e. The van der Waals surface area contributed by atoms with E-state index < -0.39 is 5.97 Å². The molecule has 0 atom stereocenters. The van der Waals surface area contributed by atoms with Gasteiger partial charge in [0, 0.05) is 30.0 Å². The van der Waals surface area contributed by atoms with Gasteiger partial charge in [0.15, 0.2) is 0 Å². The number of para-hydroxylation sites is 1. The highest BCUT2D eigenvalue weighted by Crippen LogP contribution is 2.44. The molecule has 2 N–H and O–H groups in total. The first-order chi connectivity index (χ1) is 17.8. The number of aromatic carboxylic acids is 1. The molecule has 9 heteroatoms. The van der Waals surface area contributed by atoms with Gasteiger partial charge in [-0.15, -0.1) is 0 Å². The number of amides is 2. The zero-order valence-electron chi connectivity index (χ0n) is 20.5. The predicted molar refractivity (Wildman–Crippen MR) is 136 cm³/mol. The van der Waals surface area contributed by atoms with Crippen LogP contribution >= 0.6 is 0 Å². The monoisotopic (exact) mass is 497 g/mol. The molecule has 2 aliphatic rings. The molecule has 2 aromatic heterocycles. The molecule has 188 valence electrons. The molecular formula is C28H27N5O4. The van der Waals surface area contributed by atoms with Crippen LogP contribution in [0.5, 0.6) is 0 Å². The van der Waals surface area contributed by atoms with Crippen LogP contribution in [-0.2, 0) is 19.5 Å². The Labute approximate surface area is 213 Å². The van der Waals surface area contributed by atoms with E-state index in [4.69, 9.17) is 5.11 Å². The first-order valence-electron chi connectivity index (χ1n) is 12.4. The van der Waals surface area contributed by atoms with Crippen LogP contribution in [0.3, 0.4) is 0 Å². The second kappa shape index (κ2) is 8.62. The second-order valence-corrected chi connectivity index (χ2v) is 9.99. The van der Waals surface area contributed by atoms with E-state index in [0.717, 1.165) is 35.0 Å². The number of benzene rings is 2. The van der Waals surface area contributed by atoms with E-state index in [1.165, 1.54) is 0 Å². The molecule has 0 unspecified atom stereocenters. The SMILES string of the molecule is CN(C(=O)c1cnn2c1CN(C(=O)c1cc3ccccc3[nH]1)CC2)C1(Cc2ccc(C(=O)O)cc2)CC1. The number of rotatable bonds is 6. The van der Waals surface area contributed by atoms with Crippen LogP contribution in [-0.4, -0.2) is 66.6 Å². The summed E-state index contributed by atoms with van der Waals surface area (Å²) < 4.78 is 1.82. The molecule has 0 bridgehead atoms. The molecule has 0 saturated heterocycles. The number of likely N-dealkylation sites (N-methyl/N-ethyl adjacent to an activating group) is 1. The van der Waals surface area contributed by atoms with E-state index in [9.17, 15) is 14.4 Å². The fraction of sp³-hybridized carbons (Fsp3) is 0.286. The van der Waals surface area contributed by atoms with Gasteiger partial charge in [-0.25, -0.2) is 4.79 Å². The minimum atomic E-state index is -0.956. The molecule has 3 heterocycles. The summed E-state index contributed by atoms with van der Waals surface area (Å²) in [5.41, 5.74) is 3.65. The summed E-state index contributed by atoms with van der Waals surface area (Å²) in [5, 5.41) is 14.6. The summed E-state index contributed by atoms with van der Waals surface area (Å²) in [6, 6.07) is 16.5. The number of nitrogens with zero attached hydrogens (tertiary/aromatic N) is 4. The molecule has 1 fully saturated rings. The Morgan fingerprint density at radius 3 is 2.54 bits per heavy atom. The molecule has 1 saturated carbocycles. The number of carbonyl (C=O) groups is 3. The number of carboxylic acids is 1. The van der Waals surface area contributed by atoms with Crippen molar-refractivity contribution in [3.63, 3.8) is 0 Å². The highest BCUT2D eigenvalue weighted by atomic mass is 16.4. The number of carboxylic acid groups (broad SMARTS) is 1. The zero-order valence-corrected chi connectivity index (χ0v) is 20.5. The molecule has 2 amide bonds. The number of hydrogen-bond donors (Lipinski definition) is 2. The standard InChI is InChI=1S/C28H27N5O4/c1-31(28(10-11-28)15-18-6-8-19(9-7-18)27(36)37)25(34)21-16-29-33-13-12-32(17-24(21)33)26(35)23-14-20-4-2-3-5-22(20)30-23/h2-9,14,16,30H,10-13,15,17H2,1H3,(H,36,37). The van der Waals surface area contributed by atoms with Crippen molar-refractivity contribution in [2.45, 2.75) is 37.9 Å². The normalized spacial score (nSPS) is 15.9. The van der Waals surface area contributed by atoms with Crippen LogP contribution in [0, 0.1) is 0 Å². The average molecular weight is 498 g/mol. The Bertz CT molecular complexity index is 1500. The van der Waals surface area contributed by atoms with E-state index in [-0.39, 0.29) is 22.9 Å². The maximum Gasteiger partial charge on any atom is 0.335 e. The number of H-pyrrole nitrogens is 1. The largest absolute Gasteiger partial charge is 0.478 e. The van der Waals surface area contributed by atoms with E-state index in [1.807, 2.05) is 54.2 Å². The van der Waals surface area contributed by atoms with Gasteiger partial charge in [-0.05, 0) is 49.1 Å². The van der Waals surface area contributed by atoms with Crippen molar-refractivity contribution in [1.82, 2.24) is 24.6 Å². The van der Waals surface area contributed by atoms with Crippen LogP contribution in [0.4, 0.5) is 0 Å². The molecule has 6 rings (SSSR count). The maximum absolute atomic E-state index is 13.6. The lowest BCUT2D eigenvalue weighted by molar-refractivity contribution is 0.0671. The minimum Gasteiger partial charge on any atom is -0.478 e. The number of aromatic nitrogens is 3. The highest BCUT2D eigenvalue weighted by Gasteiger charge is 2.49. The van der Waals surface area contributed by atoms with Crippen LogP contribution in [0.15, 0.2) is 60.8 Å². The maximum atomic E-state index is 13.6. The Morgan fingerprint density at radius 1 is 1.08 bits per heavy atom. The van der Waals surface area contributed by atoms with Gasteiger partial charge in [-0.3, -0.25) is 14.3 Å². The topological polar surface area (TPSA) is 112 Å². The third kappa shape index (κ3) is 4.06. The molecular weight excluding hydrogens is 470 g/mol. The lowest BCUT2D eigenvalue weighted by atomic mass is 10.0. The van der Waals surface area contributed by atoms with Crippen molar-refractivity contribution < 1.29 is 19.5 Å². The van der Waals surface area contributed by atoms with Crippen molar-refractivity contribution >= 4 is 28.7 Å². The Morgan fingerprint density at radius 2 is 1.84 bits per heavy atom. The van der Waals surface area contributed by atoms with Crippen molar-refractivity contribution in [3.8, 4) is 0 Å². The molecule has 2 aromatic carbocycles. The first-order valence-corrected chi connectivity index (χ1v) is 12.4. The summed E-state index contributed by atoms with van der Waals surface area (Å²) >= 11 is 0. The molecule has 9 nitrogen and oxygen atoms in total. The summed E-state index contributed by atoms with van der Waals surface area (Å²) in [4.78, 5) is 44.9. The lowest BCUT2D eigenvalue weighted by Gasteiger charge is -2.31. The van der Waals surface area contributed by atoms with Gasteiger partial charge in [-0.1, -0.05) is 30.3 Å². The summed E-state index contributed by atoms with van der Waals surface area (Å²) in [6.07, 6.45) is 4.03. The van der Waals surface area contributed by atoms with Gasteiger partial charge in [0.25, 0.3) is 11.8 Å². The van der Waals surface area contributed by atoms with Crippen LogP contribution in [0.25, 0.3) is 10.9 Å². The Balaban J connectivity index is 1.19. The second-order valence-electron chi connectivity index (χ2n) is 9.99. The van der Waals surface area contributed by atoms with E-state index in [0.29, 0.717) is 37.3 Å². The molecule has 37 heavy (non-hydrogen) atoms. The van der Waals surface area contributed by atoms with Crippen LogP contribution in [0.2, 0.25) is 0 Å². The fourth-order valence-electron chi connectivity index (χ4n) is 5.27. The minimum absolute atomic E-state index is 0.0983. The molecule has 0 spiro atoms. The number of hydrogen-bond acceptors (Lipinski definition) is 4. The van der Waals surface area contributed by atoms with Crippen molar-refractivity contribution in [2.24, 2.45) is 0 Å². The Kier molecular flexibility index (Phi) is 5.36. The van der Waals surface area contributed by atoms with Crippen LogP contribution < -0.4 is 0 Å². The summed E-state index contributed by atoms with van der Waals surface area (Å²) in [5.74, 6) is -1.16.